The van der Waals surface area contributed by atoms with Gasteiger partial charge in [0.15, 0.2) is 0 Å². The molecule has 1 aromatic rings. The molecule has 0 aliphatic carbocycles. The van der Waals surface area contributed by atoms with Crippen LogP contribution in [0.5, 0.6) is 0 Å². The number of sulfonamides is 1. The summed E-state index contributed by atoms with van der Waals surface area (Å²) >= 11 is 11.5. The molecule has 0 amide bonds. The molecule has 0 radical (unpaired) electrons. The summed E-state index contributed by atoms with van der Waals surface area (Å²) in [5.74, 6) is -0.543. The number of nitrogen functional groups attached to an aromatic ring is 1. The number of anilines is 1. The van der Waals surface area contributed by atoms with Crippen LogP contribution in [0.4, 0.5) is 5.69 Å². The van der Waals surface area contributed by atoms with E-state index < -0.39 is 25.9 Å². The molecule has 11 heteroatoms. The average molecular weight is 363 g/mol. The van der Waals surface area contributed by atoms with E-state index in [1.165, 1.54) is 0 Å². The van der Waals surface area contributed by atoms with Crippen LogP contribution in [0.25, 0.3) is 0 Å². The zero-order chi connectivity index (χ0) is 15.6. The largest absolute Gasteiger partial charge is 0.396 e. The molecule has 0 unspecified atom stereocenters. The second-order valence-corrected chi connectivity index (χ2v) is 7.99. The SMILES string of the molecule is Nc1c(Cl)cc(S(=O)(=O)NCCCS(=O)(=O)O)cc1Cl. The van der Waals surface area contributed by atoms with E-state index in [9.17, 15) is 16.8 Å². The highest BCUT2D eigenvalue weighted by atomic mass is 35.5. The van der Waals surface area contributed by atoms with Gasteiger partial charge in [0.1, 0.15) is 0 Å². The number of rotatable bonds is 6. The zero-order valence-electron chi connectivity index (χ0n) is 10.0. The molecule has 1 aromatic carbocycles. The van der Waals surface area contributed by atoms with Gasteiger partial charge in [-0.25, -0.2) is 13.1 Å². The van der Waals surface area contributed by atoms with Crippen LogP contribution in [0.1, 0.15) is 6.42 Å². The second-order valence-electron chi connectivity index (χ2n) is 3.84. The molecule has 7 nitrogen and oxygen atoms in total. The highest BCUT2D eigenvalue weighted by molar-refractivity contribution is 7.89. The van der Waals surface area contributed by atoms with Crippen molar-refractivity contribution in [3.63, 3.8) is 0 Å². The first kappa shape index (κ1) is 17.5. The summed E-state index contributed by atoms with van der Waals surface area (Å²) in [7, 11) is -8.01. The van der Waals surface area contributed by atoms with Crippen LogP contribution in [0.2, 0.25) is 10.0 Å². The fourth-order valence-electron chi connectivity index (χ4n) is 1.26. The molecule has 0 spiro atoms. The second kappa shape index (κ2) is 6.46. The molecular weight excluding hydrogens is 351 g/mol. The lowest BCUT2D eigenvalue weighted by atomic mass is 10.3. The van der Waals surface area contributed by atoms with Crippen LogP contribution in [-0.4, -0.2) is 33.7 Å². The lowest BCUT2D eigenvalue weighted by Crippen LogP contribution is -2.26. The summed E-state index contributed by atoms with van der Waals surface area (Å²) in [6.45, 7) is -0.165. The topological polar surface area (TPSA) is 127 Å². The molecule has 1 rings (SSSR count). The van der Waals surface area contributed by atoms with Gasteiger partial charge in [0.25, 0.3) is 10.1 Å². The molecule has 0 atom stereocenters. The molecule has 114 valence electrons. The van der Waals surface area contributed by atoms with Gasteiger partial charge < -0.3 is 5.73 Å². The predicted octanol–water partition coefficient (Wildman–Crippen LogP) is 1.13. The van der Waals surface area contributed by atoms with Crippen molar-refractivity contribution in [2.45, 2.75) is 11.3 Å². The van der Waals surface area contributed by atoms with E-state index in [1.807, 2.05) is 0 Å². The van der Waals surface area contributed by atoms with Crippen molar-refractivity contribution in [3.05, 3.63) is 22.2 Å². The lowest BCUT2D eigenvalue weighted by Gasteiger charge is -2.09. The van der Waals surface area contributed by atoms with Crippen molar-refractivity contribution in [3.8, 4) is 0 Å². The fraction of sp³-hybridized carbons (Fsp3) is 0.333. The third-order valence-corrected chi connectivity index (χ3v) is 5.10. The Morgan fingerprint density at radius 3 is 2.10 bits per heavy atom. The maximum atomic E-state index is 11.9. The van der Waals surface area contributed by atoms with Gasteiger partial charge in [-0.05, 0) is 18.6 Å². The summed E-state index contributed by atoms with van der Waals surface area (Å²) in [4.78, 5) is -0.187. The average Bonchev–Trinajstić information content (AvgIpc) is 2.30. The summed E-state index contributed by atoms with van der Waals surface area (Å²) in [5, 5.41) is -0.00776. The summed E-state index contributed by atoms with van der Waals surface area (Å²) in [5.41, 5.74) is 5.56. The molecular formula is C9H12Cl2N2O5S2. The first-order valence-corrected chi connectivity index (χ1v) is 9.07. The van der Waals surface area contributed by atoms with Gasteiger partial charge in [-0.3, -0.25) is 4.55 Å². The predicted molar refractivity (Wildman–Crippen MR) is 77.1 cm³/mol. The molecule has 0 saturated heterocycles. The normalized spacial score (nSPS) is 12.6. The van der Waals surface area contributed by atoms with Crippen molar-refractivity contribution < 1.29 is 21.4 Å². The molecule has 0 bridgehead atoms. The Hall–Kier alpha value is -0.580. The van der Waals surface area contributed by atoms with Gasteiger partial charge in [-0.2, -0.15) is 8.42 Å². The van der Waals surface area contributed by atoms with Crippen molar-refractivity contribution in [1.82, 2.24) is 4.72 Å². The van der Waals surface area contributed by atoms with E-state index in [0.29, 0.717) is 0 Å². The molecule has 0 aromatic heterocycles. The van der Waals surface area contributed by atoms with Crippen LogP contribution in [0.15, 0.2) is 17.0 Å². The number of hydrogen-bond donors (Lipinski definition) is 3. The van der Waals surface area contributed by atoms with Crippen LogP contribution in [-0.2, 0) is 20.1 Å². The summed E-state index contributed by atoms with van der Waals surface area (Å²) in [6, 6.07) is 2.27. The number of benzene rings is 1. The van der Waals surface area contributed by atoms with Gasteiger partial charge in [0.05, 0.1) is 26.4 Å². The Labute approximate surface area is 126 Å². The van der Waals surface area contributed by atoms with Crippen molar-refractivity contribution in [1.29, 1.82) is 0 Å². The Bertz CT molecular complexity index is 680. The van der Waals surface area contributed by atoms with Gasteiger partial charge in [0, 0.05) is 6.54 Å². The minimum Gasteiger partial charge on any atom is -0.396 e. The van der Waals surface area contributed by atoms with Crippen LogP contribution in [0, 0.1) is 0 Å². The minimum atomic E-state index is -4.12. The van der Waals surface area contributed by atoms with Gasteiger partial charge in [0.2, 0.25) is 10.0 Å². The highest BCUT2D eigenvalue weighted by Gasteiger charge is 2.17. The van der Waals surface area contributed by atoms with Crippen LogP contribution < -0.4 is 10.5 Å². The quantitative estimate of drug-likeness (QED) is 0.395. The smallest absolute Gasteiger partial charge is 0.264 e. The molecule has 0 fully saturated rings. The first-order valence-electron chi connectivity index (χ1n) is 5.22. The van der Waals surface area contributed by atoms with Gasteiger partial charge in [-0.15, -0.1) is 0 Å². The molecule has 0 heterocycles. The van der Waals surface area contributed by atoms with Crippen LogP contribution in [0.3, 0.4) is 0 Å². The van der Waals surface area contributed by atoms with Gasteiger partial charge >= 0.3 is 0 Å². The molecule has 4 N–H and O–H groups in total. The van der Waals surface area contributed by atoms with E-state index in [1.54, 1.807) is 0 Å². The first-order chi connectivity index (χ1) is 9.03. The summed E-state index contributed by atoms with van der Waals surface area (Å²) < 4.78 is 55.4. The highest BCUT2D eigenvalue weighted by Crippen LogP contribution is 2.30. The van der Waals surface area contributed by atoms with E-state index in [0.717, 1.165) is 12.1 Å². The Morgan fingerprint density at radius 2 is 1.65 bits per heavy atom. The number of nitrogens with two attached hydrogens (primary N) is 1. The Morgan fingerprint density at radius 1 is 1.15 bits per heavy atom. The van der Waals surface area contributed by atoms with Crippen molar-refractivity contribution >= 4 is 49.0 Å². The van der Waals surface area contributed by atoms with E-state index >= 15 is 0 Å². The number of nitrogens with one attached hydrogen (secondary N) is 1. The molecule has 0 aliphatic rings. The fourth-order valence-corrected chi connectivity index (χ4v) is 3.51. The number of halogens is 2. The van der Waals surface area contributed by atoms with E-state index in [4.69, 9.17) is 33.5 Å². The van der Waals surface area contributed by atoms with Crippen LogP contribution >= 0.6 is 23.2 Å². The van der Waals surface area contributed by atoms with E-state index in [2.05, 4.69) is 4.72 Å². The van der Waals surface area contributed by atoms with Crippen molar-refractivity contribution in [2.75, 3.05) is 18.0 Å². The monoisotopic (exact) mass is 362 g/mol. The third-order valence-electron chi connectivity index (χ3n) is 2.23. The Kier molecular flexibility index (Phi) is 5.64. The molecule has 0 saturated carbocycles. The third kappa shape index (κ3) is 5.08. The maximum Gasteiger partial charge on any atom is 0.264 e. The molecule has 20 heavy (non-hydrogen) atoms. The Balaban J connectivity index is 2.80. The van der Waals surface area contributed by atoms with Gasteiger partial charge in [-0.1, -0.05) is 23.2 Å². The van der Waals surface area contributed by atoms with E-state index in [-0.39, 0.29) is 33.6 Å². The summed E-state index contributed by atoms with van der Waals surface area (Å²) in [6.07, 6.45) is -0.0749. The number of hydrogen-bond acceptors (Lipinski definition) is 5. The lowest BCUT2D eigenvalue weighted by molar-refractivity contribution is 0.480. The minimum absolute atomic E-state index is 0.00388. The van der Waals surface area contributed by atoms with Crippen molar-refractivity contribution in [2.24, 2.45) is 0 Å². The zero-order valence-corrected chi connectivity index (χ0v) is 13.2. The maximum absolute atomic E-state index is 11.9. The standard InChI is InChI=1S/C9H12Cl2N2O5S2/c10-7-4-6(5-8(11)9(7)12)20(17,18)13-2-1-3-19(14,15)16/h4-5,13H,1-3,12H2,(H,14,15,16). The molecule has 0 aliphatic heterocycles.